The second kappa shape index (κ2) is 4.37. The molecule has 14 heavy (non-hydrogen) atoms. The van der Waals surface area contributed by atoms with Crippen LogP contribution in [0.15, 0.2) is 12.4 Å². The average molecular weight is 193 g/mol. The molecular formula is C10H15N3O. The third kappa shape index (κ3) is 2.67. The van der Waals surface area contributed by atoms with E-state index in [0.717, 1.165) is 24.8 Å². The molecule has 1 aliphatic rings. The second-order valence-electron chi connectivity index (χ2n) is 3.63. The van der Waals surface area contributed by atoms with E-state index >= 15 is 0 Å². The summed E-state index contributed by atoms with van der Waals surface area (Å²) < 4.78 is 5.52. The van der Waals surface area contributed by atoms with Crippen LogP contribution < -0.4 is 10.1 Å². The molecule has 0 atom stereocenters. The first-order valence-electron chi connectivity index (χ1n) is 4.97. The molecule has 1 saturated carbocycles. The van der Waals surface area contributed by atoms with Crippen LogP contribution in [-0.2, 0) is 6.54 Å². The van der Waals surface area contributed by atoms with Gasteiger partial charge in [0.15, 0.2) is 0 Å². The quantitative estimate of drug-likeness (QED) is 0.757. The van der Waals surface area contributed by atoms with Crippen LogP contribution in [0, 0.1) is 5.92 Å². The fourth-order valence-corrected chi connectivity index (χ4v) is 1.21. The number of hydrogen-bond acceptors (Lipinski definition) is 4. The lowest BCUT2D eigenvalue weighted by atomic mass is 10.4. The van der Waals surface area contributed by atoms with Crippen molar-refractivity contribution in [3.05, 3.63) is 18.1 Å². The van der Waals surface area contributed by atoms with E-state index in [1.54, 1.807) is 12.4 Å². The number of hydrogen-bond donors (Lipinski definition) is 1. The Morgan fingerprint density at radius 3 is 3.07 bits per heavy atom. The molecule has 0 aliphatic heterocycles. The fourth-order valence-electron chi connectivity index (χ4n) is 1.21. The topological polar surface area (TPSA) is 47.0 Å². The van der Waals surface area contributed by atoms with Gasteiger partial charge < -0.3 is 10.1 Å². The largest absolute Gasteiger partial charge is 0.476 e. The highest BCUT2D eigenvalue weighted by atomic mass is 16.5. The van der Waals surface area contributed by atoms with Gasteiger partial charge in [-0.3, -0.25) is 4.98 Å². The van der Waals surface area contributed by atoms with E-state index in [9.17, 15) is 0 Å². The molecule has 1 heterocycles. The number of nitrogens with one attached hydrogen (secondary N) is 1. The van der Waals surface area contributed by atoms with Gasteiger partial charge in [0.1, 0.15) is 0 Å². The van der Waals surface area contributed by atoms with Gasteiger partial charge in [0.25, 0.3) is 0 Å². The molecule has 0 radical (unpaired) electrons. The maximum absolute atomic E-state index is 5.52. The molecule has 4 heteroatoms. The molecular weight excluding hydrogens is 178 g/mol. The Balaban J connectivity index is 1.90. The molecule has 0 unspecified atom stereocenters. The standard InChI is InChI=1S/C10H15N3O/c1-11-4-9-5-12-6-10(13-9)14-7-8-2-3-8/h5-6,8,11H,2-4,7H2,1H3. The van der Waals surface area contributed by atoms with E-state index in [2.05, 4.69) is 15.3 Å². The van der Waals surface area contributed by atoms with Crippen molar-refractivity contribution in [2.24, 2.45) is 5.92 Å². The van der Waals surface area contributed by atoms with Crippen molar-refractivity contribution in [1.82, 2.24) is 15.3 Å². The van der Waals surface area contributed by atoms with Crippen molar-refractivity contribution >= 4 is 0 Å². The summed E-state index contributed by atoms with van der Waals surface area (Å²) in [6.45, 7) is 1.52. The van der Waals surface area contributed by atoms with Crippen LogP contribution in [0.4, 0.5) is 0 Å². The van der Waals surface area contributed by atoms with Crippen molar-refractivity contribution in [2.45, 2.75) is 19.4 Å². The Morgan fingerprint density at radius 2 is 2.36 bits per heavy atom. The highest BCUT2D eigenvalue weighted by molar-refractivity contribution is 5.08. The Hall–Kier alpha value is -1.16. The Morgan fingerprint density at radius 1 is 1.50 bits per heavy atom. The Bertz CT molecular complexity index is 299. The van der Waals surface area contributed by atoms with Crippen molar-refractivity contribution < 1.29 is 4.74 Å². The zero-order valence-corrected chi connectivity index (χ0v) is 8.36. The molecule has 76 valence electrons. The average Bonchev–Trinajstić information content (AvgIpc) is 2.99. The lowest BCUT2D eigenvalue weighted by Gasteiger charge is -2.04. The SMILES string of the molecule is CNCc1cncc(OCC2CC2)n1. The number of ether oxygens (including phenoxy) is 1. The predicted molar refractivity (Wildman–Crippen MR) is 53.0 cm³/mol. The molecule has 1 aliphatic carbocycles. The van der Waals surface area contributed by atoms with Crippen LogP contribution in [-0.4, -0.2) is 23.6 Å². The monoisotopic (exact) mass is 193 g/mol. The van der Waals surface area contributed by atoms with Gasteiger partial charge in [-0.25, -0.2) is 4.98 Å². The Kier molecular flexibility index (Phi) is 2.93. The summed E-state index contributed by atoms with van der Waals surface area (Å²) in [5.41, 5.74) is 0.917. The minimum Gasteiger partial charge on any atom is -0.476 e. The minimum absolute atomic E-state index is 0.643. The van der Waals surface area contributed by atoms with E-state index < -0.39 is 0 Å². The summed E-state index contributed by atoms with van der Waals surface area (Å²) in [4.78, 5) is 8.39. The molecule has 0 aromatic carbocycles. The van der Waals surface area contributed by atoms with Gasteiger partial charge in [-0.2, -0.15) is 0 Å². The van der Waals surface area contributed by atoms with Gasteiger partial charge in [0.05, 0.1) is 18.5 Å². The molecule has 2 rings (SSSR count). The van der Waals surface area contributed by atoms with Gasteiger partial charge in [-0.1, -0.05) is 0 Å². The summed E-state index contributed by atoms with van der Waals surface area (Å²) in [6, 6.07) is 0. The molecule has 1 N–H and O–H groups in total. The molecule has 1 aromatic rings. The smallest absolute Gasteiger partial charge is 0.232 e. The molecule has 0 spiro atoms. The van der Waals surface area contributed by atoms with Crippen molar-refractivity contribution in [3.63, 3.8) is 0 Å². The van der Waals surface area contributed by atoms with Gasteiger partial charge >= 0.3 is 0 Å². The second-order valence-corrected chi connectivity index (χ2v) is 3.63. The third-order valence-electron chi connectivity index (χ3n) is 2.18. The van der Waals surface area contributed by atoms with Crippen LogP contribution in [0.2, 0.25) is 0 Å². The van der Waals surface area contributed by atoms with Crippen LogP contribution in [0.5, 0.6) is 5.88 Å². The van der Waals surface area contributed by atoms with E-state index in [1.165, 1.54) is 12.8 Å². The van der Waals surface area contributed by atoms with E-state index in [-0.39, 0.29) is 0 Å². The zero-order valence-electron chi connectivity index (χ0n) is 8.36. The van der Waals surface area contributed by atoms with E-state index in [0.29, 0.717) is 5.88 Å². The highest BCUT2D eigenvalue weighted by Crippen LogP contribution is 2.29. The number of aromatic nitrogens is 2. The zero-order chi connectivity index (χ0) is 9.80. The summed E-state index contributed by atoms with van der Waals surface area (Å²) in [5, 5.41) is 3.03. The van der Waals surface area contributed by atoms with E-state index in [4.69, 9.17) is 4.74 Å². The highest BCUT2D eigenvalue weighted by Gasteiger charge is 2.22. The molecule has 1 aromatic heterocycles. The van der Waals surface area contributed by atoms with Crippen LogP contribution in [0.1, 0.15) is 18.5 Å². The van der Waals surface area contributed by atoms with Crippen molar-refractivity contribution in [2.75, 3.05) is 13.7 Å². The lowest BCUT2D eigenvalue weighted by Crippen LogP contribution is -2.09. The van der Waals surface area contributed by atoms with Crippen molar-refractivity contribution in [3.8, 4) is 5.88 Å². The first kappa shape index (κ1) is 9.40. The summed E-state index contributed by atoms with van der Waals surface area (Å²) in [7, 11) is 1.89. The molecule has 1 fully saturated rings. The Labute approximate surface area is 83.7 Å². The predicted octanol–water partition coefficient (Wildman–Crippen LogP) is 0.985. The maximum atomic E-state index is 5.52. The lowest BCUT2D eigenvalue weighted by molar-refractivity contribution is 0.286. The summed E-state index contributed by atoms with van der Waals surface area (Å²) >= 11 is 0. The molecule has 0 amide bonds. The normalized spacial score (nSPS) is 15.5. The summed E-state index contributed by atoms with van der Waals surface area (Å²) in [5.74, 6) is 1.40. The molecule has 0 bridgehead atoms. The maximum Gasteiger partial charge on any atom is 0.232 e. The van der Waals surface area contributed by atoms with Gasteiger partial charge in [-0.05, 0) is 25.8 Å². The summed E-state index contributed by atoms with van der Waals surface area (Å²) in [6.07, 6.45) is 6.01. The number of nitrogens with zero attached hydrogens (tertiary/aromatic N) is 2. The number of rotatable bonds is 5. The van der Waals surface area contributed by atoms with Crippen LogP contribution >= 0.6 is 0 Å². The van der Waals surface area contributed by atoms with Gasteiger partial charge in [0.2, 0.25) is 5.88 Å². The molecule has 0 saturated heterocycles. The van der Waals surface area contributed by atoms with Crippen LogP contribution in [0.3, 0.4) is 0 Å². The van der Waals surface area contributed by atoms with E-state index in [1.807, 2.05) is 7.05 Å². The first-order chi connectivity index (χ1) is 6.88. The van der Waals surface area contributed by atoms with Crippen molar-refractivity contribution in [1.29, 1.82) is 0 Å². The minimum atomic E-state index is 0.643. The third-order valence-corrected chi connectivity index (χ3v) is 2.18. The van der Waals surface area contributed by atoms with Gasteiger partial charge in [-0.15, -0.1) is 0 Å². The van der Waals surface area contributed by atoms with Crippen LogP contribution in [0.25, 0.3) is 0 Å². The van der Waals surface area contributed by atoms with Gasteiger partial charge in [0, 0.05) is 12.7 Å². The fraction of sp³-hybridized carbons (Fsp3) is 0.600. The molecule has 4 nitrogen and oxygen atoms in total. The first-order valence-corrected chi connectivity index (χ1v) is 4.97.